The van der Waals surface area contributed by atoms with Crippen LogP contribution in [-0.4, -0.2) is 26.8 Å². The molecule has 25 heavy (non-hydrogen) atoms. The molecule has 2 heterocycles. The van der Waals surface area contributed by atoms with Gasteiger partial charge in [-0.2, -0.15) is 0 Å². The second-order valence-electron chi connectivity index (χ2n) is 6.28. The standard InChI is InChI=1S/C18H16FN3O2S/c1-10-17(25-9-20-10)18(24)22(13-3-4-13)8-11-6-16(23)21-15-5-2-12(19)7-14(11)15/h2,5-7,9,13H,3-4,8H2,1H3,(H,21,23). The first-order valence-electron chi connectivity index (χ1n) is 8.05. The number of benzene rings is 1. The van der Waals surface area contributed by atoms with Crippen LogP contribution < -0.4 is 5.56 Å². The number of carbonyl (C=O) groups excluding carboxylic acids is 1. The zero-order valence-corrected chi connectivity index (χ0v) is 14.4. The second kappa shape index (κ2) is 6.07. The average molecular weight is 357 g/mol. The molecule has 0 atom stereocenters. The predicted octanol–water partition coefficient (Wildman–Crippen LogP) is 3.24. The van der Waals surface area contributed by atoms with Gasteiger partial charge in [0.2, 0.25) is 5.56 Å². The number of aromatic nitrogens is 2. The molecule has 128 valence electrons. The summed E-state index contributed by atoms with van der Waals surface area (Å²) in [5, 5.41) is 0.624. The van der Waals surface area contributed by atoms with Crippen molar-refractivity contribution in [3.05, 3.63) is 62.1 Å². The number of aryl methyl sites for hydroxylation is 1. The highest BCUT2D eigenvalue weighted by molar-refractivity contribution is 7.11. The molecule has 2 aromatic heterocycles. The molecule has 0 spiro atoms. The molecular weight excluding hydrogens is 341 g/mol. The van der Waals surface area contributed by atoms with E-state index in [-0.39, 0.29) is 29.9 Å². The fraction of sp³-hybridized carbons (Fsp3) is 0.278. The lowest BCUT2D eigenvalue weighted by Crippen LogP contribution is -2.33. The Hall–Kier alpha value is -2.54. The maximum atomic E-state index is 13.7. The lowest BCUT2D eigenvalue weighted by Gasteiger charge is -2.23. The molecule has 1 saturated carbocycles. The van der Waals surface area contributed by atoms with Crippen LogP contribution in [0.5, 0.6) is 0 Å². The van der Waals surface area contributed by atoms with E-state index in [1.165, 1.54) is 29.5 Å². The summed E-state index contributed by atoms with van der Waals surface area (Å²) in [5.41, 5.74) is 3.33. The molecule has 5 nitrogen and oxygen atoms in total. The molecule has 0 saturated heterocycles. The Morgan fingerprint density at radius 2 is 2.20 bits per heavy atom. The van der Waals surface area contributed by atoms with Crippen molar-refractivity contribution < 1.29 is 9.18 Å². The van der Waals surface area contributed by atoms with E-state index in [1.54, 1.807) is 16.5 Å². The topological polar surface area (TPSA) is 66.1 Å². The number of H-pyrrole nitrogens is 1. The quantitative estimate of drug-likeness (QED) is 0.779. The third-order valence-corrected chi connectivity index (χ3v) is 5.34. The van der Waals surface area contributed by atoms with Crippen LogP contribution in [0, 0.1) is 12.7 Å². The van der Waals surface area contributed by atoms with Crippen LogP contribution in [-0.2, 0) is 6.54 Å². The molecule has 1 fully saturated rings. The fourth-order valence-corrected chi connectivity index (χ4v) is 3.76. The van der Waals surface area contributed by atoms with Crippen LogP contribution >= 0.6 is 11.3 Å². The molecule has 7 heteroatoms. The van der Waals surface area contributed by atoms with Crippen molar-refractivity contribution >= 4 is 28.1 Å². The molecule has 1 N–H and O–H groups in total. The number of hydrogen-bond donors (Lipinski definition) is 1. The Morgan fingerprint density at radius 1 is 1.40 bits per heavy atom. The number of pyridine rings is 1. The van der Waals surface area contributed by atoms with E-state index in [2.05, 4.69) is 9.97 Å². The van der Waals surface area contributed by atoms with Crippen molar-refractivity contribution in [1.29, 1.82) is 0 Å². The summed E-state index contributed by atoms with van der Waals surface area (Å²) in [4.78, 5) is 34.1. The molecule has 0 aliphatic heterocycles. The van der Waals surface area contributed by atoms with Crippen LogP contribution in [0.1, 0.15) is 33.8 Å². The van der Waals surface area contributed by atoms with Gasteiger partial charge in [-0.3, -0.25) is 9.59 Å². The van der Waals surface area contributed by atoms with Crippen molar-refractivity contribution in [3.8, 4) is 0 Å². The van der Waals surface area contributed by atoms with Crippen molar-refractivity contribution in [3.63, 3.8) is 0 Å². The van der Waals surface area contributed by atoms with Crippen molar-refractivity contribution in [2.75, 3.05) is 0 Å². The maximum Gasteiger partial charge on any atom is 0.266 e. The number of halogens is 1. The number of aromatic amines is 1. The number of amides is 1. The van der Waals surface area contributed by atoms with Gasteiger partial charge < -0.3 is 9.88 Å². The van der Waals surface area contributed by atoms with Gasteiger partial charge in [0.15, 0.2) is 0 Å². The van der Waals surface area contributed by atoms with Gasteiger partial charge in [-0.25, -0.2) is 9.37 Å². The van der Waals surface area contributed by atoms with Gasteiger partial charge in [-0.1, -0.05) is 0 Å². The maximum absolute atomic E-state index is 13.7. The number of nitrogens with zero attached hydrogens (tertiary/aromatic N) is 2. The third kappa shape index (κ3) is 3.07. The summed E-state index contributed by atoms with van der Waals surface area (Å²) in [7, 11) is 0. The summed E-state index contributed by atoms with van der Waals surface area (Å²) in [6.45, 7) is 2.09. The zero-order chi connectivity index (χ0) is 17.6. The number of rotatable bonds is 4. The smallest absolute Gasteiger partial charge is 0.266 e. The van der Waals surface area contributed by atoms with Crippen molar-refractivity contribution in [2.45, 2.75) is 32.4 Å². The fourth-order valence-electron chi connectivity index (χ4n) is 3.00. The molecular formula is C18H16FN3O2S. The lowest BCUT2D eigenvalue weighted by molar-refractivity contribution is 0.0734. The molecule has 0 bridgehead atoms. The number of nitrogens with one attached hydrogen (secondary N) is 1. The first-order valence-corrected chi connectivity index (χ1v) is 8.93. The summed E-state index contributed by atoms with van der Waals surface area (Å²) >= 11 is 1.32. The number of carbonyl (C=O) groups is 1. The van der Waals surface area contributed by atoms with E-state index in [1.807, 2.05) is 6.92 Å². The van der Waals surface area contributed by atoms with Crippen LogP contribution in [0.15, 0.2) is 34.6 Å². The molecule has 4 rings (SSSR count). The Kier molecular flexibility index (Phi) is 3.88. The number of hydrogen-bond acceptors (Lipinski definition) is 4. The van der Waals surface area contributed by atoms with E-state index in [0.717, 1.165) is 12.8 Å². The highest BCUT2D eigenvalue weighted by Gasteiger charge is 2.34. The Labute approximate surface area is 147 Å². The van der Waals surface area contributed by atoms with Gasteiger partial charge in [0.1, 0.15) is 10.7 Å². The molecule has 0 radical (unpaired) electrons. The third-order valence-electron chi connectivity index (χ3n) is 4.42. The van der Waals surface area contributed by atoms with Gasteiger partial charge >= 0.3 is 0 Å². The molecule has 1 aliphatic rings. The average Bonchev–Trinajstić information content (AvgIpc) is 3.33. The largest absolute Gasteiger partial charge is 0.331 e. The number of thiazole rings is 1. The van der Waals surface area contributed by atoms with Crippen molar-refractivity contribution in [1.82, 2.24) is 14.9 Å². The first-order chi connectivity index (χ1) is 12.0. The Morgan fingerprint density at radius 3 is 2.88 bits per heavy atom. The predicted molar refractivity (Wildman–Crippen MR) is 94.3 cm³/mol. The second-order valence-corrected chi connectivity index (χ2v) is 7.13. The van der Waals surface area contributed by atoms with Crippen LogP contribution in [0.4, 0.5) is 4.39 Å². The van der Waals surface area contributed by atoms with Crippen LogP contribution in [0.3, 0.4) is 0 Å². The van der Waals surface area contributed by atoms with Gasteiger partial charge in [0.25, 0.3) is 5.91 Å². The summed E-state index contributed by atoms with van der Waals surface area (Å²) in [6, 6.07) is 5.87. The molecule has 1 amide bonds. The van der Waals surface area contributed by atoms with E-state index in [4.69, 9.17) is 0 Å². The van der Waals surface area contributed by atoms with Crippen LogP contribution in [0.25, 0.3) is 10.9 Å². The minimum absolute atomic E-state index is 0.0765. The Bertz CT molecular complexity index is 1020. The van der Waals surface area contributed by atoms with E-state index in [9.17, 15) is 14.0 Å². The van der Waals surface area contributed by atoms with Gasteiger partial charge in [0.05, 0.1) is 11.2 Å². The molecule has 0 unspecified atom stereocenters. The van der Waals surface area contributed by atoms with Gasteiger partial charge in [-0.15, -0.1) is 11.3 Å². The summed E-state index contributed by atoms with van der Waals surface area (Å²) in [6.07, 6.45) is 1.89. The minimum atomic E-state index is -0.372. The van der Waals surface area contributed by atoms with E-state index < -0.39 is 0 Å². The minimum Gasteiger partial charge on any atom is -0.331 e. The van der Waals surface area contributed by atoms with E-state index in [0.29, 0.717) is 27.0 Å². The summed E-state index contributed by atoms with van der Waals surface area (Å²) in [5.74, 6) is -0.448. The highest BCUT2D eigenvalue weighted by Crippen LogP contribution is 2.32. The van der Waals surface area contributed by atoms with Crippen LogP contribution in [0.2, 0.25) is 0 Å². The highest BCUT2D eigenvalue weighted by atomic mass is 32.1. The zero-order valence-electron chi connectivity index (χ0n) is 13.6. The SMILES string of the molecule is Cc1ncsc1C(=O)N(Cc1cc(=O)[nH]c2ccc(F)cc12)C1CC1. The van der Waals surface area contributed by atoms with Gasteiger partial charge in [-0.05, 0) is 43.5 Å². The monoisotopic (exact) mass is 357 g/mol. The normalized spacial score (nSPS) is 14.0. The van der Waals surface area contributed by atoms with Crippen molar-refractivity contribution in [2.24, 2.45) is 0 Å². The van der Waals surface area contributed by atoms with E-state index >= 15 is 0 Å². The summed E-state index contributed by atoms with van der Waals surface area (Å²) < 4.78 is 13.7. The first kappa shape index (κ1) is 16.0. The van der Waals surface area contributed by atoms with Gasteiger partial charge in [0, 0.05) is 29.6 Å². The Balaban J connectivity index is 1.75. The molecule has 1 aliphatic carbocycles. The molecule has 3 aromatic rings. The lowest BCUT2D eigenvalue weighted by atomic mass is 10.1. The number of fused-ring (bicyclic) bond motifs is 1. The molecule has 1 aromatic carbocycles.